The number of aromatic nitrogens is 1. The Morgan fingerprint density at radius 3 is 2.83 bits per heavy atom. The number of benzene rings is 1. The molecular weight excluding hydrogens is 220 g/mol. The zero-order valence-corrected chi connectivity index (χ0v) is 11.3. The molecule has 1 saturated carbocycles. The Morgan fingerprint density at radius 1 is 1.33 bits per heavy atom. The molecule has 96 valence electrons. The average Bonchev–Trinajstić information content (AvgIpc) is 2.62. The van der Waals surface area contributed by atoms with Crippen molar-refractivity contribution in [2.45, 2.75) is 38.8 Å². The Kier molecular flexibility index (Phi) is 3.13. The fourth-order valence-corrected chi connectivity index (χ4v) is 2.94. The van der Waals surface area contributed by atoms with Crippen LogP contribution >= 0.6 is 0 Å². The molecule has 0 bridgehead atoms. The Balaban J connectivity index is 1.74. The zero-order chi connectivity index (χ0) is 12.5. The van der Waals surface area contributed by atoms with Crippen LogP contribution in [0, 0.1) is 5.92 Å². The van der Waals surface area contributed by atoms with Crippen molar-refractivity contribution in [3.63, 3.8) is 0 Å². The van der Waals surface area contributed by atoms with E-state index in [1.54, 1.807) is 0 Å². The van der Waals surface area contributed by atoms with Gasteiger partial charge in [-0.3, -0.25) is 0 Å². The lowest BCUT2D eigenvalue weighted by Crippen LogP contribution is -2.36. The number of rotatable bonds is 4. The summed E-state index contributed by atoms with van der Waals surface area (Å²) in [5.74, 6) is 0.903. The van der Waals surface area contributed by atoms with Crippen LogP contribution in [-0.4, -0.2) is 10.6 Å². The first-order valence-electron chi connectivity index (χ1n) is 7.02. The molecule has 0 amide bonds. The van der Waals surface area contributed by atoms with Crippen molar-refractivity contribution < 1.29 is 0 Å². The molecule has 1 unspecified atom stereocenters. The first kappa shape index (κ1) is 11.8. The van der Waals surface area contributed by atoms with Gasteiger partial charge in [-0.2, -0.15) is 0 Å². The Morgan fingerprint density at radius 2 is 2.11 bits per heavy atom. The van der Waals surface area contributed by atoms with Crippen LogP contribution in [0.5, 0.6) is 0 Å². The minimum Gasteiger partial charge on any atom is -0.350 e. The van der Waals surface area contributed by atoms with Gasteiger partial charge in [0.05, 0.1) is 0 Å². The van der Waals surface area contributed by atoms with Gasteiger partial charge in [-0.25, -0.2) is 0 Å². The van der Waals surface area contributed by atoms with Gasteiger partial charge in [0.25, 0.3) is 0 Å². The van der Waals surface area contributed by atoms with E-state index in [9.17, 15) is 0 Å². The third kappa shape index (κ3) is 2.05. The van der Waals surface area contributed by atoms with Gasteiger partial charge in [0.2, 0.25) is 0 Å². The molecule has 0 radical (unpaired) electrons. The monoisotopic (exact) mass is 242 g/mol. The van der Waals surface area contributed by atoms with E-state index in [0.29, 0.717) is 6.04 Å². The van der Waals surface area contributed by atoms with Crippen molar-refractivity contribution in [1.29, 1.82) is 0 Å². The second-order valence-corrected chi connectivity index (χ2v) is 5.64. The fraction of sp³-hybridized carbons (Fsp3) is 0.500. The zero-order valence-electron chi connectivity index (χ0n) is 11.3. The van der Waals surface area contributed by atoms with Gasteiger partial charge in [0.15, 0.2) is 0 Å². The number of hydrogen-bond acceptors (Lipinski definition) is 1. The van der Waals surface area contributed by atoms with Crippen LogP contribution in [0.4, 0.5) is 0 Å². The van der Waals surface area contributed by atoms with E-state index >= 15 is 0 Å². The predicted octanol–water partition coefficient (Wildman–Crippen LogP) is 3.46. The Hall–Kier alpha value is -1.28. The molecule has 1 aliphatic rings. The highest BCUT2D eigenvalue weighted by molar-refractivity contribution is 5.83. The van der Waals surface area contributed by atoms with Crippen molar-refractivity contribution >= 4 is 10.9 Å². The summed E-state index contributed by atoms with van der Waals surface area (Å²) >= 11 is 0. The van der Waals surface area contributed by atoms with Crippen molar-refractivity contribution in [2.24, 2.45) is 13.0 Å². The summed E-state index contributed by atoms with van der Waals surface area (Å²) < 4.78 is 2.22. The summed E-state index contributed by atoms with van der Waals surface area (Å²) in [5.41, 5.74) is 2.74. The predicted molar refractivity (Wildman–Crippen MR) is 76.6 cm³/mol. The summed E-state index contributed by atoms with van der Waals surface area (Å²) in [6.07, 6.45) is 6.49. The van der Waals surface area contributed by atoms with E-state index < -0.39 is 0 Å². The number of hydrogen-bond donors (Lipinski definition) is 1. The molecule has 1 N–H and O–H groups in total. The number of nitrogens with one attached hydrogen (secondary N) is 1. The lowest BCUT2D eigenvalue weighted by molar-refractivity contribution is 0.240. The molecule has 1 aliphatic carbocycles. The van der Waals surface area contributed by atoms with Crippen molar-refractivity contribution in [2.75, 3.05) is 0 Å². The minimum absolute atomic E-state index is 0.651. The third-order valence-corrected chi connectivity index (χ3v) is 4.45. The normalized spacial score (nSPS) is 17.9. The van der Waals surface area contributed by atoms with E-state index in [4.69, 9.17) is 0 Å². The average molecular weight is 242 g/mol. The molecule has 1 atom stereocenters. The van der Waals surface area contributed by atoms with Crippen LogP contribution in [0.2, 0.25) is 0 Å². The summed E-state index contributed by atoms with van der Waals surface area (Å²) in [7, 11) is 2.13. The SMILES string of the molecule is CC(NCc1cn(C)c2ccccc12)C1CCC1. The van der Waals surface area contributed by atoms with Crippen LogP contribution in [0.3, 0.4) is 0 Å². The quantitative estimate of drug-likeness (QED) is 0.869. The Labute approximate surface area is 109 Å². The van der Waals surface area contributed by atoms with E-state index in [1.165, 1.54) is 35.7 Å². The van der Waals surface area contributed by atoms with Crippen molar-refractivity contribution in [1.82, 2.24) is 9.88 Å². The van der Waals surface area contributed by atoms with Gasteiger partial charge in [0, 0.05) is 36.7 Å². The molecule has 2 nitrogen and oxygen atoms in total. The summed E-state index contributed by atoms with van der Waals surface area (Å²) in [6, 6.07) is 9.30. The molecule has 2 aromatic rings. The highest BCUT2D eigenvalue weighted by atomic mass is 14.9. The maximum absolute atomic E-state index is 3.69. The Bertz CT molecular complexity index is 537. The van der Waals surface area contributed by atoms with Crippen LogP contribution in [0.1, 0.15) is 31.7 Å². The molecule has 1 aromatic carbocycles. The minimum atomic E-state index is 0.651. The van der Waals surface area contributed by atoms with Crippen LogP contribution in [0.15, 0.2) is 30.5 Å². The van der Waals surface area contributed by atoms with Gasteiger partial charge in [-0.1, -0.05) is 24.6 Å². The van der Waals surface area contributed by atoms with E-state index in [0.717, 1.165) is 12.5 Å². The van der Waals surface area contributed by atoms with Gasteiger partial charge >= 0.3 is 0 Å². The largest absolute Gasteiger partial charge is 0.350 e. The highest BCUT2D eigenvalue weighted by Gasteiger charge is 2.23. The first-order valence-corrected chi connectivity index (χ1v) is 7.02. The molecule has 0 saturated heterocycles. The van der Waals surface area contributed by atoms with Crippen LogP contribution in [-0.2, 0) is 13.6 Å². The summed E-state index contributed by atoms with van der Waals surface area (Å²) in [4.78, 5) is 0. The van der Waals surface area contributed by atoms with Gasteiger partial charge < -0.3 is 9.88 Å². The highest BCUT2D eigenvalue weighted by Crippen LogP contribution is 2.29. The lowest BCUT2D eigenvalue weighted by Gasteiger charge is -2.32. The second-order valence-electron chi connectivity index (χ2n) is 5.64. The first-order chi connectivity index (χ1) is 8.75. The molecule has 18 heavy (non-hydrogen) atoms. The molecule has 1 heterocycles. The number of fused-ring (bicyclic) bond motifs is 1. The molecule has 0 aliphatic heterocycles. The number of para-hydroxylation sites is 1. The molecule has 3 rings (SSSR count). The van der Waals surface area contributed by atoms with Gasteiger partial charge in [0.1, 0.15) is 0 Å². The van der Waals surface area contributed by atoms with E-state index in [1.807, 2.05) is 0 Å². The van der Waals surface area contributed by atoms with Gasteiger partial charge in [-0.05, 0) is 37.3 Å². The third-order valence-electron chi connectivity index (χ3n) is 4.45. The standard InChI is InChI=1S/C16H22N2/c1-12(13-6-5-7-13)17-10-14-11-18(2)16-9-4-3-8-15(14)16/h3-4,8-9,11-13,17H,5-7,10H2,1-2H3. The van der Waals surface area contributed by atoms with Crippen molar-refractivity contribution in [3.05, 3.63) is 36.0 Å². The lowest BCUT2D eigenvalue weighted by atomic mass is 9.80. The molecule has 2 heteroatoms. The number of aryl methyl sites for hydroxylation is 1. The van der Waals surface area contributed by atoms with Crippen molar-refractivity contribution in [3.8, 4) is 0 Å². The second kappa shape index (κ2) is 4.77. The maximum Gasteiger partial charge on any atom is 0.0481 e. The molecular formula is C16H22N2. The van der Waals surface area contributed by atoms with Crippen LogP contribution in [0.25, 0.3) is 10.9 Å². The smallest absolute Gasteiger partial charge is 0.0481 e. The summed E-state index contributed by atoms with van der Waals surface area (Å²) in [6.45, 7) is 3.31. The fourth-order valence-electron chi connectivity index (χ4n) is 2.94. The van der Waals surface area contributed by atoms with E-state index in [-0.39, 0.29) is 0 Å². The van der Waals surface area contributed by atoms with Gasteiger partial charge in [-0.15, -0.1) is 0 Å². The molecule has 0 spiro atoms. The molecule has 1 fully saturated rings. The molecule has 1 aromatic heterocycles. The topological polar surface area (TPSA) is 17.0 Å². The van der Waals surface area contributed by atoms with Crippen LogP contribution < -0.4 is 5.32 Å². The number of nitrogens with zero attached hydrogens (tertiary/aromatic N) is 1. The summed E-state index contributed by atoms with van der Waals surface area (Å²) in [5, 5.41) is 5.08. The van der Waals surface area contributed by atoms with E-state index in [2.05, 4.69) is 54.3 Å². The maximum atomic E-state index is 3.69.